The van der Waals surface area contributed by atoms with E-state index in [4.69, 9.17) is 28.5 Å². The lowest BCUT2D eigenvalue weighted by molar-refractivity contribution is 0.0690. The predicted octanol–water partition coefficient (Wildman–Crippen LogP) is 8.82. The molecule has 0 bridgehead atoms. The van der Waals surface area contributed by atoms with Crippen LogP contribution < -0.4 is 20.1 Å². The Morgan fingerprint density at radius 3 is 1.65 bits per heavy atom. The van der Waals surface area contributed by atoms with Gasteiger partial charge in [0, 0.05) is 58.2 Å². The lowest BCUT2D eigenvalue weighted by Crippen LogP contribution is -2.17. The molecular formula is C40H44BN6O7. The van der Waals surface area contributed by atoms with Crippen molar-refractivity contribution in [2.24, 2.45) is 11.8 Å². The summed E-state index contributed by atoms with van der Waals surface area (Å²) < 4.78 is 23.2. The zero-order chi connectivity index (χ0) is 36.4. The summed E-state index contributed by atoms with van der Waals surface area (Å²) in [5.74, 6) is 2.52. The number of aromatic nitrogens is 4. The third-order valence-electron chi connectivity index (χ3n) is 9.63. The number of carboxylic acid groups (broad SMARTS) is 1. The monoisotopic (exact) mass is 731 g/mol. The molecule has 8 rings (SSSR count). The maximum atomic E-state index is 11.0. The molecular weight excluding hydrogens is 687 g/mol. The van der Waals surface area contributed by atoms with Crippen LogP contribution in [0.2, 0.25) is 0 Å². The quantitative estimate of drug-likeness (QED) is 0.0879. The molecule has 2 aliphatic carbocycles. The number of aromatic carboxylic acids is 1. The van der Waals surface area contributed by atoms with Crippen molar-refractivity contribution in [1.29, 1.82) is 0 Å². The number of nitrogens with zero attached hydrogens (tertiary/aromatic N) is 4. The van der Waals surface area contributed by atoms with E-state index in [-0.39, 0.29) is 20.7 Å². The van der Waals surface area contributed by atoms with Crippen molar-refractivity contribution in [3.05, 3.63) is 84.4 Å². The molecule has 2 fully saturated rings. The summed E-state index contributed by atoms with van der Waals surface area (Å²) in [5, 5.41) is 24.8. The lowest BCUT2D eigenvalue weighted by atomic mass is 9.89. The Morgan fingerprint density at radius 2 is 1.15 bits per heavy atom. The highest BCUT2D eigenvalue weighted by Crippen LogP contribution is 2.31. The van der Waals surface area contributed by atoms with Gasteiger partial charge in [0.1, 0.15) is 34.0 Å². The van der Waals surface area contributed by atoms with Crippen molar-refractivity contribution in [1.82, 2.24) is 19.9 Å². The van der Waals surface area contributed by atoms with E-state index in [1.54, 1.807) is 36.5 Å². The Hall–Kier alpha value is -5.63. The van der Waals surface area contributed by atoms with Gasteiger partial charge < -0.3 is 39.2 Å². The van der Waals surface area contributed by atoms with E-state index in [0.717, 1.165) is 24.1 Å². The van der Waals surface area contributed by atoms with Crippen LogP contribution in [-0.2, 0) is 6.61 Å². The summed E-state index contributed by atoms with van der Waals surface area (Å²) in [6.07, 6.45) is 16.1. The van der Waals surface area contributed by atoms with Crippen LogP contribution in [0.5, 0.6) is 23.0 Å². The first-order chi connectivity index (χ1) is 26.0. The third kappa shape index (κ3) is 10.3. The number of ether oxygens (including phenoxy) is 2. The van der Waals surface area contributed by atoms with Gasteiger partial charge in [0.15, 0.2) is 16.9 Å². The highest BCUT2D eigenvalue weighted by Gasteiger charge is 2.16. The minimum atomic E-state index is -1.10. The van der Waals surface area contributed by atoms with Crippen LogP contribution in [0.4, 0.5) is 12.0 Å². The number of rotatable bonds is 12. The summed E-state index contributed by atoms with van der Waals surface area (Å²) in [4.78, 5) is 27.8. The van der Waals surface area contributed by atoms with E-state index in [2.05, 4.69) is 30.6 Å². The van der Waals surface area contributed by atoms with Gasteiger partial charge in [-0.05, 0) is 73.9 Å². The molecule has 6 aromatic rings. The van der Waals surface area contributed by atoms with Gasteiger partial charge in [-0.1, -0.05) is 38.5 Å². The fraction of sp³-hybridized carbons (Fsp3) is 0.375. The van der Waals surface area contributed by atoms with E-state index in [1.165, 1.54) is 76.5 Å². The van der Waals surface area contributed by atoms with Crippen molar-refractivity contribution < 1.29 is 33.3 Å². The highest BCUT2D eigenvalue weighted by molar-refractivity contribution is 5.85. The van der Waals surface area contributed by atoms with Crippen molar-refractivity contribution in [3.63, 3.8) is 0 Å². The summed E-state index contributed by atoms with van der Waals surface area (Å²) in [6.45, 7) is 1.68. The summed E-state index contributed by atoms with van der Waals surface area (Å²) in [5.41, 5.74) is 3.35. The summed E-state index contributed by atoms with van der Waals surface area (Å²) in [7, 11) is 0. The molecule has 4 N–H and O–H groups in total. The second-order valence-electron chi connectivity index (χ2n) is 13.6. The number of nitrogens with one attached hydrogen (secondary N) is 2. The topological polar surface area (TPSA) is 178 Å². The Labute approximate surface area is 315 Å². The zero-order valence-corrected chi connectivity index (χ0v) is 30.1. The van der Waals surface area contributed by atoms with E-state index >= 15 is 0 Å². The van der Waals surface area contributed by atoms with Crippen LogP contribution in [0.15, 0.2) is 81.9 Å². The number of fused-ring (bicyclic) bond motifs is 2. The van der Waals surface area contributed by atoms with Gasteiger partial charge in [-0.2, -0.15) is 9.97 Å². The number of hydrogen-bond donors (Lipinski definition) is 4. The standard InChI is InChI=1S/C20H21N3O4.C20H23N3O3.B/c24-19(25)17-10-15(8-9-21-17)26-14-6-7-16-18(11-14)27-20(23-16)22-12-13-4-2-1-3-5-13;24-13-15-10-17(8-9-21-15)25-16-6-7-18-19(11-16)26-20(23-18)22-12-14-4-2-1-3-5-14;/h6-11,13H,1-5,12H2,(H,22,23)(H,24,25);6-11,14,24H,1-5,12-13H2,(H,22,23);. The highest BCUT2D eigenvalue weighted by atomic mass is 16.5. The molecule has 0 spiro atoms. The molecule has 0 aliphatic heterocycles. The second kappa shape index (κ2) is 18.4. The van der Waals surface area contributed by atoms with Gasteiger partial charge in [0.05, 0.1) is 12.3 Å². The zero-order valence-electron chi connectivity index (χ0n) is 30.1. The number of aliphatic hydroxyl groups is 1. The molecule has 3 radical (unpaired) electrons. The number of pyridine rings is 2. The second-order valence-corrected chi connectivity index (χ2v) is 13.6. The molecule has 0 unspecified atom stereocenters. The first-order valence-electron chi connectivity index (χ1n) is 18.4. The molecule has 54 heavy (non-hydrogen) atoms. The van der Waals surface area contributed by atoms with Crippen molar-refractivity contribution >= 4 is 48.6 Å². The van der Waals surface area contributed by atoms with Gasteiger partial charge in [0.2, 0.25) is 0 Å². The van der Waals surface area contributed by atoms with Crippen molar-refractivity contribution in [2.45, 2.75) is 70.8 Å². The van der Waals surface area contributed by atoms with Crippen LogP contribution in [0.1, 0.15) is 80.4 Å². The lowest BCUT2D eigenvalue weighted by Gasteiger charge is -2.21. The Balaban J connectivity index is 0.000000181. The van der Waals surface area contributed by atoms with Gasteiger partial charge >= 0.3 is 5.97 Å². The molecule has 279 valence electrons. The number of benzene rings is 2. The number of aliphatic hydroxyl groups excluding tert-OH is 1. The Morgan fingerprint density at radius 1 is 0.667 bits per heavy atom. The largest absolute Gasteiger partial charge is 0.477 e. The SMILES string of the molecule is O=C(O)c1cc(Oc2ccc3nc(NCC4CCCCC4)oc3c2)ccn1.OCc1cc(Oc2ccc3nc(NCC4CCCCC4)oc3c2)ccn1.[B]. The van der Waals surface area contributed by atoms with E-state index in [1.807, 2.05) is 24.3 Å². The molecule has 0 amide bonds. The molecule has 2 aliphatic rings. The van der Waals surface area contributed by atoms with E-state index in [0.29, 0.717) is 63.7 Å². The smallest absolute Gasteiger partial charge is 0.354 e. The number of anilines is 2. The van der Waals surface area contributed by atoms with Crippen LogP contribution in [-0.4, -0.2) is 57.6 Å². The van der Waals surface area contributed by atoms with Gasteiger partial charge in [-0.25, -0.2) is 9.78 Å². The van der Waals surface area contributed by atoms with Crippen LogP contribution in [0.25, 0.3) is 22.2 Å². The first kappa shape index (κ1) is 38.1. The predicted molar refractivity (Wildman–Crippen MR) is 205 cm³/mol. The van der Waals surface area contributed by atoms with Gasteiger partial charge in [-0.15, -0.1) is 0 Å². The molecule has 14 heteroatoms. The maximum Gasteiger partial charge on any atom is 0.354 e. The number of oxazole rings is 2. The van der Waals surface area contributed by atoms with Gasteiger partial charge in [0.25, 0.3) is 12.0 Å². The minimum absolute atomic E-state index is 0. The third-order valence-corrected chi connectivity index (χ3v) is 9.63. The summed E-state index contributed by atoms with van der Waals surface area (Å²) >= 11 is 0. The molecule has 4 aromatic heterocycles. The minimum Gasteiger partial charge on any atom is -0.477 e. The number of carboxylic acids is 1. The number of hydrogen-bond acceptors (Lipinski definition) is 12. The Kier molecular flexibility index (Phi) is 13.0. The average molecular weight is 732 g/mol. The summed E-state index contributed by atoms with van der Waals surface area (Å²) in [6, 6.07) is 18.4. The van der Waals surface area contributed by atoms with E-state index in [9.17, 15) is 4.79 Å². The molecule has 4 heterocycles. The molecule has 13 nitrogen and oxygen atoms in total. The fourth-order valence-corrected chi connectivity index (χ4v) is 6.80. The van der Waals surface area contributed by atoms with E-state index < -0.39 is 5.97 Å². The van der Waals surface area contributed by atoms with Crippen LogP contribution >= 0.6 is 0 Å². The molecule has 0 atom stereocenters. The van der Waals surface area contributed by atoms with Crippen LogP contribution in [0, 0.1) is 11.8 Å². The van der Waals surface area contributed by atoms with Crippen LogP contribution in [0.3, 0.4) is 0 Å². The Bertz CT molecular complexity index is 2130. The number of carbonyl (C=O) groups is 1. The molecule has 2 saturated carbocycles. The average Bonchev–Trinajstić information content (AvgIpc) is 3.80. The van der Waals surface area contributed by atoms with Crippen molar-refractivity contribution in [3.8, 4) is 23.0 Å². The fourth-order valence-electron chi connectivity index (χ4n) is 6.80. The molecule has 2 aromatic carbocycles. The molecule has 0 saturated heterocycles. The normalized spacial score (nSPS) is 14.8. The first-order valence-corrected chi connectivity index (χ1v) is 18.4. The van der Waals surface area contributed by atoms with Gasteiger partial charge in [-0.3, -0.25) is 4.98 Å². The van der Waals surface area contributed by atoms with Crippen molar-refractivity contribution in [2.75, 3.05) is 23.7 Å². The maximum absolute atomic E-state index is 11.0.